The van der Waals surface area contributed by atoms with Gasteiger partial charge >= 0.3 is 0 Å². The molecular weight excluding hydrogens is 234 g/mol. The molecule has 0 aromatic carbocycles. The van der Waals surface area contributed by atoms with Crippen LogP contribution in [0.1, 0.15) is 19.5 Å². The molecule has 2 rings (SSSR count). The maximum Gasteiger partial charge on any atom is 0.0851 e. The minimum atomic E-state index is 0.631. The Hall–Kier alpha value is -0.800. The van der Waals surface area contributed by atoms with E-state index in [1.165, 1.54) is 0 Å². The summed E-state index contributed by atoms with van der Waals surface area (Å²) in [5.74, 6) is 0. The molecule has 2 heterocycles. The number of halogens is 1. The van der Waals surface area contributed by atoms with Crippen LogP contribution in [0.4, 0.5) is 5.69 Å². The fourth-order valence-corrected chi connectivity index (χ4v) is 2.49. The maximum absolute atomic E-state index is 6.31. The summed E-state index contributed by atoms with van der Waals surface area (Å²) in [7, 11) is 0. The summed E-state index contributed by atoms with van der Waals surface area (Å²) >= 11 is 6.31. The van der Waals surface area contributed by atoms with E-state index in [0.717, 1.165) is 42.6 Å². The van der Waals surface area contributed by atoms with Gasteiger partial charge in [0.15, 0.2) is 0 Å². The number of piperazine rings is 1. The Morgan fingerprint density at radius 1 is 1.24 bits per heavy atom. The Balaban J connectivity index is 2.08. The smallest absolute Gasteiger partial charge is 0.0851 e. The lowest BCUT2D eigenvalue weighted by atomic mass is 10.2. The number of rotatable bonds is 2. The van der Waals surface area contributed by atoms with Crippen LogP contribution in [0.5, 0.6) is 0 Å². The predicted octanol–water partition coefficient (Wildman–Crippen LogP) is 2.57. The standard InChI is InChI=1S/C13H20ClN3/c1-10(2)16-6-8-17(9-7-16)12-4-5-15-11(3)13(12)14/h4-5,10H,6-9H2,1-3H3. The molecule has 17 heavy (non-hydrogen) atoms. The fraction of sp³-hybridized carbons (Fsp3) is 0.615. The number of hydrogen-bond donors (Lipinski definition) is 0. The van der Waals surface area contributed by atoms with Crippen molar-refractivity contribution in [2.75, 3.05) is 31.1 Å². The zero-order valence-electron chi connectivity index (χ0n) is 10.8. The minimum absolute atomic E-state index is 0.631. The molecule has 94 valence electrons. The SMILES string of the molecule is Cc1nccc(N2CCN(C(C)C)CC2)c1Cl. The van der Waals surface area contributed by atoms with Gasteiger partial charge in [-0.15, -0.1) is 0 Å². The van der Waals surface area contributed by atoms with Crippen molar-refractivity contribution >= 4 is 17.3 Å². The highest BCUT2D eigenvalue weighted by Crippen LogP contribution is 2.28. The lowest BCUT2D eigenvalue weighted by molar-refractivity contribution is 0.209. The summed E-state index contributed by atoms with van der Waals surface area (Å²) in [5, 5.41) is 0.797. The molecule has 0 aliphatic carbocycles. The Kier molecular flexibility index (Phi) is 3.89. The number of anilines is 1. The molecule has 1 aliphatic heterocycles. The van der Waals surface area contributed by atoms with Crippen LogP contribution < -0.4 is 4.90 Å². The highest BCUT2D eigenvalue weighted by atomic mass is 35.5. The number of hydrogen-bond acceptors (Lipinski definition) is 3. The van der Waals surface area contributed by atoms with Crippen molar-refractivity contribution in [2.45, 2.75) is 26.8 Å². The Morgan fingerprint density at radius 3 is 2.47 bits per heavy atom. The van der Waals surface area contributed by atoms with Crippen molar-refractivity contribution in [3.8, 4) is 0 Å². The molecule has 3 nitrogen and oxygen atoms in total. The van der Waals surface area contributed by atoms with Gasteiger partial charge in [-0.3, -0.25) is 9.88 Å². The molecule has 1 saturated heterocycles. The van der Waals surface area contributed by atoms with Crippen molar-refractivity contribution < 1.29 is 0 Å². The van der Waals surface area contributed by atoms with Crippen molar-refractivity contribution in [3.63, 3.8) is 0 Å². The van der Waals surface area contributed by atoms with Crippen LogP contribution in [0.2, 0.25) is 5.02 Å². The molecule has 4 heteroatoms. The number of aromatic nitrogens is 1. The van der Waals surface area contributed by atoms with E-state index in [1.54, 1.807) is 0 Å². The van der Waals surface area contributed by atoms with Gasteiger partial charge in [0.2, 0.25) is 0 Å². The normalized spacial score (nSPS) is 17.8. The van der Waals surface area contributed by atoms with Gasteiger partial charge < -0.3 is 4.90 Å². The zero-order chi connectivity index (χ0) is 12.4. The topological polar surface area (TPSA) is 19.4 Å². The van der Waals surface area contributed by atoms with E-state index in [-0.39, 0.29) is 0 Å². The third-order valence-corrected chi connectivity index (χ3v) is 3.90. The van der Waals surface area contributed by atoms with Crippen LogP contribution in [0.15, 0.2) is 12.3 Å². The van der Waals surface area contributed by atoms with Gasteiger partial charge in [-0.2, -0.15) is 0 Å². The molecule has 0 N–H and O–H groups in total. The largest absolute Gasteiger partial charge is 0.368 e. The number of nitrogens with zero attached hydrogens (tertiary/aromatic N) is 3. The van der Waals surface area contributed by atoms with Gasteiger partial charge in [0.05, 0.1) is 16.4 Å². The second-order valence-corrected chi connectivity index (χ2v) is 5.22. The first-order valence-corrected chi connectivity index (χ1v) is 6.57. The lowest BCUT2D eigenvalue weighted by Crippen LogP contribution is -2.49. The van der Waals surface area contributed by atoms with Gasteiger partial charge in [0.25, 0.3) is 0 Å². The molecule has 0 unspecified atom stereocenters. The minimum Gasteiger partial charge on any atom is -0.368 e. The second-order valence-electron chi connectivity index (χ2n) is 4.85. The van der Waals surface area contributed by atoms with Gasteiger partial charge in [-0.05, 0) is 26.8 Å². The van der Waals surface area contributed by atoms with Crippen LogP contribution in [0.25, 0.3) is 0 Å². The first kappa shape index (κ1) is 12.7. The van der Waals surface area contributed by atoms with Crippen molar-refractivity contribution in [3.05, 3.63) is 23.0 Å². The van der Waals surface area contributed by atoms with Gasteiger partial charge in [-0.25, -0.2) is 0 Å². The first-order valence-electron chi connectivity index (χ1n) is 6.19. The predicted molar refractivity (Wildman–Crippen MR) is 72.9 cm³/mol. The Bertz CT molecular complexity index is 384. The zero-order valence-corrected chi connectivity index (χ0v) is 11.5. The third-order valence-electron chi connectivity index (χ3n) is 3.43. The van der Waals surface area contributed by atoms with Crippen molar-refractivity contribution in [1.82, 2.24) is 9.88 Å². The molecule has 1 fully saturated rings. The van der Waals surface area contributed by atoms with E-state index >= 15 is 0 Å². The van der Waals surface area contributed by atoms with Gasteiger partial charge in [0.1, 0.15) is 0 Å². The van der Waals surface area contributed by atoms with E-state index in [4.69, 9.17) is 11.6 Å². The van der Waals surface area contributed by atoms with E-state index in [9.17, 15) is 0 Å². The molecule has 0 amide bonds. The van der Waals surface area contributed by atoms with Crippen LogP contribution in [0.3, 0.4) is 0 Å². The lowest BCUT2D eigenvalue weighted by Gasteiger charge is -2.38. The summed E-state index contributed by atoms with van der Waals surface area (Å²) in [5.41, 5.74) is 2.04. The monoisotopic (exact) mass is 253 g/mol. The second kappa shape index (κ2) is 5.23. The number of pyridine rings is 1. The van der Waals surface area contributed by atoms with Crippen molar-refractivity contribution in [2.24, 2.45) is 0 Å². The first-order chi connectivity index (χ1) is 8.09. The van der Waals surface area contributed by atoms with Gasteiger partial charge in [-0.1, -0.05) is 11.6 Å². The molecule has 1 aromatic rings. The highest BCUT2D eigenvalue weighted by Gasteiger charge is 2.20. The molecule has 0 radical (unpaired) electrons. The van der Waals surface area contributed by atoms with Gasteiger partial charge in [0, 0.05) is 38.4 Å². The summed E-state index contributed by atoms with van der Waals surface area (Å²) in [6, 6.07) is 2.65. The molecule has 0 atom stereocenters. The van der Waals surface area contributed by atoms with Crippen LogP contribution in [-0.4, -0.2) is 42.1 Å². The van der Waals surface area contributed by atoms with Crippen LogP contribution in [-0.2, 0) is 0 Å². The summed E-state index contributed by atoms with van der Waals surface area (Å²) < 4.78 is 0. The molecule has 0 bridgehead atoms. The quantitative estimate of drug-likeness (QED) is 0.808. The van der Waals surface area contributed by atoms with E-state index in [1.807, 2.05) is 19.2 Å². The molecular formula is C13H20ClN3. The molecule has 1 aliphatic rings. The van der Waals surface area contributed by atoms with E-state index in [2.05, 4.69) is 28.6 Å². The Labute approximate surface area is 108 Å². The average Bonchev–Trinajstić information content (AvgIpc) is 2.33. The molecule has 0 spiro atoms. The maximum atomic E-state index is 6.31. The summed E-state index contributed by atoms with van der Waals surface area (Å²) in [6.45, 7) is 10.8. The molecule has 1 aromatic heterocycles. The number of aryl methyl sites for hydroxylation is 1. The molecule has 0 saturated carbocycles. The third kappa shape index (κ3) is 2.72. The van der Waals surface area contributed by atoms with E-state index < -0.39 is 0 Å². The van der Waals surface area contributed by atoms with Crippen LogP contribution >= 0.6 is 11.6 Å². The summed E-state index contributed by atoms with van der Waals surface area (Å²) in [4.78, 5) is 9.06. The van der Waals surface area contributed by atoms with Crippen LogP contribution in [0, 0.1) is 6.92 Å². The average molecular weight is 254 g/mol. The fourth-order valence-electron chi connectivity index (χ4n) is 2.26. The Morgan fingerprint density at radius 2 is 1.88 bits per heavy atom. The summed E-state index contributed by atoms with van der Waals surface area (Å²) in [6.07, 6.45) is 1.84. The highest BCUT2D eigenvalue weighted by molar-refractivity contribution is 6.33. The van der Waals surface area contributed by atoms with Crippen molar-refractivity contribution in [1.29, 1.82) is 0 Å². The van der Waals surface area contributed by atoms with E-state index in [0.29, 0.717) is 6.04 Å².